The SMILES string of the molecule is C[C@@H]1CN([C@@H](CNC(=O)COCC2CC2)c2c(F)cccc2Cl)CCO1. The highest BCUT2D eigenvalue weighted by atomic mass is 35.5. The Morgan fingerprint density at radius 3 is 3.00 bits per heavy atom. The van der Waals surface area contributed by atoms with Crippen LogP contribution in [0.1, 0.15) is 31.4 Å². The van der Waals surface area contributed by atoms with Crippen molar-refractivity contribution in [2.24, 2.45) is 5.92 Å². The predicted molar refractivity (Wildman–Crippen MR) is 97.7 cm³/mol. The van der Waals surface area contributed by atoms with Crippen LogP contribution in [-0.2, 0) is 14.3 Å². The zero-order chi connectivity index (χ0) is 18.5. The third-order valence-electron chi connectivity index (χ3n) is 4.82. The van der Waals surface area contributed by atoms with E-state index in [4.69, 9.17) is 21.1 Å². The first-order chi connectivity index (χ1) is 12.5. The van der Waals surface area contributed by atoms with Gasteiger partial charge in [0.15, 0.2) is 0 Å². The van der Waals surface area contributed by atoms with Crippen LogP contribution in [0.15, 0.2) is 18.2 Å². The van der Waals surface area contributed by atoms with Crippen LogP contribution in [0.3, 0.4) is 0 Å². The fourth-order valence-corrected chi connectivity index (χ4v) is 3.52. The van der Waals surface area contributed by atoms with E-state index in [2.05, 4.69) is 10.2 Å². The van der Waals surface area contributed by atoms with Crippen LogP contribution in [0.25, 0.3) is 0 Å². The Morgan fingerprint density at radius 2 is 2.31 bits per heavy atom. The smallest absolute Gasteiger partial charge is 0.246 e. The number of carbonyl (C=O) groups is 1. The van der Waals surface area contributed by atoms with Gasteiger partial charge in [-0.2, -0.15) is 0 Å². The monoisotopic (exact) mass is 384 g/mol. The van der Waals surface area contributed by atoms with Gasteiger partial charge < -0.3 is 14.8 Å². The summed E-state index contributed by atoms with van der Waals surface area (Å²) in [4.78, 5) is 14.2. The summed E-state index contributed by atoms with van der Waals surface area (Å²) in [6.07, 6.45) is 2.42. The van der Waals surface area contributed by atoms with E-state index >= 15 is 0 Å². The predicted octanol–water partition coefficient (Wildman–Crippen LogP) is 2.78. The van der Waals surface area contributed by atoms with Gasteiger partial charge in [0.2, 0.25) is 5.91 Å². The van der Waals surface area contributed by atoms with E-state index in [1.807, 2.05) is 6.92 Å². The maximum Gasteiger partial charge on any atom is 0.246 e. The molecule has 0 spiro atoms. The van der Waals surface area contributed by atoms with Crippen LogP contribution >= 0.6 is 11.6 Å². The summed E-state index contributed by atoms with van der Waals surface area (Å²) in [5.41, 5.74) is 0.419. The molecule has 1 heterocycles. The van der Waals surface area contributed by atoms with Gasteiger partial charge >= 0.3 is 0 Å². The third-order valence-corrected chi connectivity index (χ3v) is 5.15. The lowest BCUT2D eigenvalue weighted by molar-refractivity contribution is -0.126. The van der Waals surface area contributed by atoms with E-state index in [9.17, 15) is 9.18 Å². The van der Waals surface area contributed by atoms with Gasteiger partial charge in [0.05, 0.1) is 25.4 Å². The molecule has 0 aromatic heterocycles. The Kier molecular flexibility index (Phi) is 6.86. The summed E-state index contributed by atoms with van der Waals surface area (Å²) in [5.74, 6) is 0.0629. The van der Waals surface area contributed by atoms with Crippen LogP contribution in [-0.4, -0.2) is 56.4 Å². The van der Waals surface area contributed by atoms with E-state index in [0.29, 0.717) is 42.8 Å². The molecule has 5 nitrogen and oxygen atoms in total. The van der Waals surface area contributed by atoms with Gasteiger partial charge in [-0.25, -0.2) is 4.39 Å². The molecule has 0 radical (unpaired) electrons. The van der Waals surface area contributed by atoms with Crippen molar-refractivity contribution in [3.63, 3.8) is 0 Å². The Balaban J connectivity index is 1.65. The Morgan fingerprint density at radius 1 is 1.50 bits per heavy atom. The lowest BCUT2D eigenvalue weighted by Gasteiger charge is -2.38. The number of hydrogen-bond acceptors (Lipinski definition) is 4. The average molecular weight is 385 g/mol. The van der Waals surface area contributed by atoms with E-state index in [0.717, 1.165) is 0 Å². The van der Waals surface area contributed by atoms with Crippen molar-refractivity contribution in [3.8, 4) is 0 Å². The largest absolute Gasteiger partial charge is 0.376 e. The number of nitrogens with one attached hydrogen (secondary N) is 1. The molecule has 144 valence electrons. The molecular weight excluding hydrogens is 359 g/mol. The molecule has 0 unspecified atom stereocenters. The van der Waals surface area contributed by atoms with Crippen LogP contribution in [0.4, 0.5) is 4.39 Å². The number of carbonyl (C=O) groups excluding carboxylic acids is 1. The zero-order valence-electron chi connectivity index (χ0n) is 15.0. The van der Waals surface area contributed by atoms with Gasteiger partial charge in [-0.3, -0.25) is 9.69 Å². The first kappa shape index (κ1) is 19.5. The van der Waals surface area contributed by atoms with Gasteiger partial charge in [0.25, 0.3) is 0 Å². The average Bonchev–Trinajstić information content (AvgIpc) is 3.41. The standard InChI is InChI=1S/C19H26ClFN2O3/c1-13-10-23(7-8-26-13)17(19-15(20)3-2-4-16(19)21)9-22-18(24)12-25-11-14-5-6-14/h2-4,13-14,17H,5-12H2,1H3,(H,22,24)/t13-,17+/m1/s1. The number of halogens is 2. The van der Waals surface area contributed by atoms with E-state index in [1.54, 1.807) is 12.1 Å². The molecular formula is C19H26ClFN2O3. The molecule has 1 aromatic rings. The molecule has 2 atom stereocenters. The van der Waals surface area contributed by atoms with Crippen molar-refractivity contribution in [2.75, 3.05) is 39.5 Å². The molecule has 2 aliphatic rings. The van der Waals surface area contributed by atoms with Crippen molar-refractivity contribution < 1.29 is 18.7 Å². The second kappa shape index (κ2) is 9.13. The number of amides is 1. The third kappa shape index (κ3) is 5.39. The van der Waals surface area contributed by atoms with E-state index in [1.165, 1.54) is 18.9 Å². The van der Waals surface area contributed by atoms with Crippen molar-refractivity contribution in [1.29, 1.82) is 0 Å². The molecule has 1 aliphatic heterocycles. The fourth-order valence-electron chi connectivity index (χ4n) is 3.24. The molecule has 1 saturated carbocycles. The minimum atomic E-state index is -0.360. The second-order valence-electron chi connectivity index (χ2n) is 7.09. The molecule has 1 N–H and O–H groups in total. The summed E-state index contributed by atoms with van der Waals surface area (Å²) >= 11 is 6.29. The van der Waals surface area contributed by atoms with Gasteiger partial charge in [-0.15, -0.1) is 0 Å². The Hall–Kier alpha value is -1.21. The number of benzene rings is 1. The van der Waals surface area contributed by atoms with Gasteiger partial charge in [-0.05, 0) is 37.8 Å². The number of nitrogens with zero attached hydrogens (tertiary/aromatic N) is 1. The Labute approximate surface area is 158 Å². The number of ether oxygens (including phenoxy) is 2. The van der Waals surface area contributed by atoms with Gasteiger partial charge in [0.1, 0.15) is 12.4 Å². The topological polar surface area (TPSA) is 50.8 Å². The van der Waals surface area contributed by atoms with Crippen LogP contribution in [0.5, 0.6) is 0 Å². The van der Waals surface area contributed by atoms with Crippen molar-refractivity contribution >= 4 is 17.5 Å². The molecule has 3 rings (SSSR count). The lowest BCUT2D eigenvalue weighted by atomic mass is 10.0. The highest BCUT2D eigenvalue weighted by molar-refractivity contribution is 6.31. The number of morpholine rings is 1. The maximum absolute atomic E-state index is 14.5. The number of hydrogen-bond donors (Lipinski definition) is 1. The number of rotatable bonds is 8. The normalized spacial score (nSPS) is 22.2. The van der Waals surface area contributed by atoms with Crippen molar-refractivity contribution in [3.05, 3.63) is 34.6 Å². The fraction of sp³-hybridized carbons (Fsp3) is 0.632. The molecule has 1 aliphatic carbocycles. The molecule has 0 bridgehead atoms. The van der Waals surface area contributed by atoms with Gasteiger partial charge in [0, 0.05) is 30.2 Å². The van der Waals surface area contributed by atoms with Crippen LogP contribution < -0.4 is 5.32 Å². The van der Waals surface area contributed by atoms with Crippen LogP contribution in [0, 0.1) is 11.7 Å². The minimum absolute atomic E-state index is 0.0355. The van der Waals surface area contributed by atoms with Crippen molar-refractivity contribution in [1.82, 2.24) is 10.2 Å². The molecule has 2 fully saturated rings. The zero-order valence-corrected chi connectivity index (χ0v) is 15.8. The second-order valence-corrected chi connectivity index (χ2v) is 7.50. The Bertz CT molecular complexity index is 607. The summed E-state index contributed by atoms with van der Waals surface area (Å²) in [6, 6.07) is 4.32. The maximum atomic E-state index is 14.5. The van der Waals surface area contributed by atoms with E-state index < -0.39 is 0 Å². The summed E-state index contributed by atoms with van der Waals surface area (Å²) < 4.78 is 25.5. The van der Waals surface area contributed by atoms with Crippen molar-refractivity contribution in [2.45, 2.75) is 31.9 Å². The highest BCUT2D eigenvalue weighted by Gasteiger charge is 2.29. The summed E-state index contributed by atoms with van der Waals surface area (Å²) in [7, 11) is 0. The molecule has 7 heteroatoms. The molecule has 26 heavy (non-hydrogen) atoms. The molecule has 1 saturated heterocycles. The van der Waals surface area contributed by atoms with Crippen LogP contribution in [0.2, 0.25) is 5.02 Å². The van der Waals surface area contributed by atoms with Gasteiger partial charge in [-0.1, -0.05) is 17.7 Å². The summed E-state index contributed by atoms with van der Waals surface area (Å²) in [6.45, 7) is 4.82. The summed E-state index contributed by atoms with van der Waals surface area (Å²) in [5, 5.41) is 3.24. The lowest BCUT2D eigenvalue weighted by Crippen LogP contribution is -2.47. The minimum Gasteiger partial charge on any atom is -0.376 e. The molecule has 1 amide bonds. The molecule has 1 aromatic carbocycles. The van der Waals surface area contributed by atoms with E-state index in [-0.39, 0.29) is 37.0 Å². The highest BCUT2D eigenvalue weighted by Crippen LogP contribution is 2.31. The quantitative estimate of drug-likeness (QED) is 0.748. The first-order valence-electron chi connectivity index (χ1n) is 9.18. The first-order valence-corrected chi connectivity index (χ1v) is 9.56.